The zero-order valence-corrected chi connectivity index (χ0v) is 21.5. The molecule has 2 aliphatic rings. The second-order valence-electron chi connectivity index (χ2n) is 8.92. The fourth-order valence-corrected chi connectivity index (χ4v) is 5.83. The molecule has 3 amide bonds. The van der Waals surface area contributed by atoms with Crippen molar-refractivity contribution in [3.05, 3.63) is 69.8 Å². The van der Waals surface area contributed by atoms with E-state index in [4.69, 9.17) is 16.3 Å². The molecule has 37 heavy (non-hydrogen) atoms. The summed E-state index contributed by atoms with van der Waals surface area (Å²) in [7, 11) is 0. The van der Waals surface area contributed by atoms with E-state index >= 15 is 0 Å². The van der Waals surface area contributed by atoms with Crippen LogP contribution in [0.1, 0.15) is 20.8 Å². The number of benzene rings is 2. The Morgan fingerprint density at radius 3 is 2.70 bits per heavy atom. The monoisotopic (exact) mass is 534 g/mol. The van der Waals surface area contributed by atoms with Gasteiger partial charge in [0, 0.05) is 30.3 Å². The Hall–Kier alpha value is -3.57. The van der Waals surface area contributed by atoms with Crippen LogP contribution in [0, 0.1) is 6.92 Å². The number of nitrogens with one attached hydrogen (secondary N) is 2. The third kappa shape index (κ3) is 4.53. The number of rotatable bonds is 5. The molecule has 9 nitrogen and oxygen atoms in total. The van der Waals surface area contributed by atoms with Crippen molar-refractivity contribution in [2.24, 2.45) is 0 Å². The van der Waals surface area contributed by atoms with E-state index in [1.807, 2.05) is 31.2 Å². The van der Waals surface area contributed by atoms with Gasteiger partial charge >= 0.3 is 6.03 Å². The van der Waals surface area contributed by atoms with Crippen LogP contribution in [0.15, 0.2) is 48.8 Å². The predicted molar refractivity (Wildman–Crippen MR) is 145 cm³/mol. The molecular weight excluding hydrogens is 512 g/mol. The molecule has 4 heterocycles. The summed E-state index contributed by atoms with van der Waals surface area (Å²) >= 11 is 7.34. The van der Waals surface area contributed by atoms with Gasteiger partial charge in [0.25, 0.3) is 5.91 Å². The highest BCUT2D eigenvalue weighted by Crippen LogP contribution is 2.45. The summed E-state index contributed by atoms with van der Waals surface area (Å²) in [5.41, 5.74) is 3.74. The van der Waals surface area contributed by atoms with Crippen LogP contribution in [0.2, 0.25) is 5.02 Å². The minimum atomic E-state index is -0.405. The number of aromatic nitrogens is 2. The van der Waals surface area contributed by atoms with Crippen LogP contribution < -0.4 is 15.5 Å². The van der Waals surface area contributed by atoms with E-state index in [1.165, 1.54) is 28.1 Å². The van der Waals surface area contributed by atoms with Gasteiger partial charge in [-0.2, -0.15) is 0 Å². The topological polar surface area (TPSA) is 99.7 Å². The second-order valence-corrected chi connectivity index (χ2v) is 10.4. The minimum Gasteiger partial charge on any atom is -0.379 e. The molecule has 2 aliphatic heterocycles. The minimum absolute atomic E-state index is 0.318. The summed E-state index contributed by atoms with van der Waals surface area (Å²) < 4.78 is 5.41. The molecule has 0 bridgehead atoms. The van der Waals surface area contributed by atoms with Crippen LogP contribution in [0.4, 0.5) is 27.7 Å². The summed E-state index contributed by atoms with van der Waals surface area (Å²) in [6, 6.07) is 12.7. The summed E-state index contributed by atoms with van der Waals surface area (Å²) in [5, 5.41) is 7.06. The molecule has 2 N–H and O–H groups in total. The highest BCUT2D eigenvalue weighted by Gasteiger charge is 2.34. The number of carbonyl (C=O) groups excluding carboxylic acids is 2. The van der Waals surface area contributed by atoms with Gasteiger partial charge in [-0.3, -0.25) is 9.69 Å². The quantitative estimate of drug-likeness (QED) is 0.354. The zero-order chi connectivity index (χ0) is 25.5. The highest BCUT2D eigenvalue weighted by atomic mass is 35.5. The van der Waals surface area contributed by atoms with Gasteiger partial charge in [0.15, 0.2) is 5.82 Å². The van der Waals surface area contributed by atoms with Crippen molar-refractivity contribution >= 4 is 68.0 Å². The first-order valence-electron chi connectivity index (χ1n) is 11.8. The van der Waals surface area contributed by atoms with Gasteiger partial charge < -0.3 is 15.4 Å². The number of thiophene rings is 1. The Morgan fingerprint density at radius 1 is 1.16 bits per heavy atom. The molecule has 1 saturated heterocycles. The van der Waals surface area contributed by atoms with Gasteiger partial charge in [0.1, 0.15) is 16.0 Å². The van der Waals surface area contributed by atoms with E-state index in [0.29, 0.717) is 43.0 Å². The van der Waals surface area contributed by atoms with Crippen LogP contribution in [-0.2, 0) is 11.3 Å². The molecule has 0 radical (unpaired) electrons. The van der Waals surface area contributed by atoms with E-state index in [9.17, 15) is 9.59 Å². The molecule has 0 atom stereocenters. The lowest BCUT2D eigenvalue weighted by molar-refractivity contribution is 0.0342. The van der Waals surface area contributed by atoms with Crippen molar-refractivity contribution in [3.8, 4) is 0 Å². The summed E-state index contributed by atoms with van der Waals surface area (Å²) in [5.74, 6) is 0.109. The molecule has 11 heteroatoms. The third-order valence-corrected chi connectivity index (χ3v) is 7.77. The maximum absolute atomic E-state index is 13.3. The van der Waals surface area contributed by atoms with Crippen LogP contribution in [0.25, 0.3) is 10.2 Å². The Kier molecular flexibility index (Phi) is 6.25. The number of hydrogen-bond acceptors (Lipinski definition) is 7. The van der Waals surface area contributed by atoms with Crippen molar-refractivity contribution in [2.45, 2.75) is 13.5 Å². The number of ether oxygens (including phenoxy) is 1. The Labute approximate surface area is 222 Å². The average molecular weight is 535 g/mol. The van der Waals surface area contributed by atoms with Gasteiger partial charge in [-0.1, -0.05) is 23.7 Å². The molecule has 188 valence electrons. The Bertz CT molecular complexity index is 1520. The van der Waals surface area contributed by atoms with Crippen molar-refractivity contribution in [1.82, 2.24) is 14.9 Å². The lowest BCUT2D eigenvalue weighted by atomic mass is 10.1. The molecule has 0 spiro atoms. The van der Waals surface area contributed by atoms with Gasteiger partial charge in [-0.25, -0.2) is 19.7 Å². The van der Waals surface area contributed by atoms with E-state index in [-0.39, 0.29) is 5.91 Å². The molecule has 0 aliphatic carbocycles. The Balaban J connectivity index is 1.27. The van der Waals surface area contributed by atoms with Crippen molar-refractivity contribution in [1.29, 1.82) is 0 Å². The number of anilines is 4. The van der Waals surface area contributed by atoms with Crippen molar-refractivity contribution < 1.29 is 14.3 Å². The summed E-state index contributed by atoms with van der Waals surface area (Å²) in [6.07, 6.45) is 1.41. The lowest BCUT2D eigenvalue weighted by Gasteiger charge is -2.28. The fourth-order valence-electron chi connectivity index (χ4n) is 4.62. The highest BCUT2D eigenvalue weighted by molar-refractivity contribution is 7.21. The number of urea groups is 1. The maximum Gasteiger partial charge on any atom is 0.332 e. The summed E-state index contributed by atoms with van der Waals surface area (Å²) in [4.78, 5) is 40.1. The normalized spacial score (nSPS) is 15.6. The van der Waals surface area contributed by atoms with Gasteiger partial charge in [0.2, 0.25) is 0 Å². The standard InChI is InChI=1S/C26H23ClN6O3S/c1-15-12-17(27)4-7-19(15)33-23-20-21(31-26(33)35)22(37-25(20)29-14-28-23)24(34)30-18-5-2-16(3-6-18)13-32-8-10-36-11-9-32/h2-7,12,14H,8-11,13H2,1H3,(H,30,34)(H,31,35). The van der Waals surface area contributed by atoms with Crippen LogP contribution in [0.5, 0.6) is 0 Å². The smallest absolute Gasteiger partial charge is 0.332 e. The van der Waals surface area contributed by atoms with E-state index in [0.717, 1.165) is 38.4 Å². The molecule has 6 rings (SSSR count). The Morgan fingerprint density at radius 2 is 1.95 bits per heavy atom. The zero-order valence-electron chi connectivity index (χ0n) is 20.0. The first-order chi connectivity index (χ1) is 18.0. The first kappa shape index (κ1) is 23.8. The fraction of sp³-hybridized carbons (Fsp3) is 0.231. The first-order valence-corrected chi connectivity index (χ1v) is 13.0. The number of hydrogen-bond donors (Lipinski definition) is 2. The molecule has 4 aromatic rings. The third-order valence-electron chi connectivity index (χ3n) is 6.44. The van der Waals surface area contributed by atoms with Crippen molar-refractivity contribution in [3.63, 3.8) is 0 Å². The summed E-state index contributed by atoms with van der Waals surface area (Å²) in [6.45, 7) is 6.06. The van der Waals surface area contributed by atoms with Crippen LogP contribution in [0.3, 0.4) is 0 Å². The molecule has 0 unspecified atom stereocenters. The molecule has 0 saturated carbocycles. The molecule has 1 fully saturated rings. The van der Waals surface area contributed by atoms with E-state index in [2.05, 4.69) is 25.5 Å². The number of amides is 3. The van der Waals surface area contributed by atoms with E-state index < -0.39 is 6.03 Å². The molecular formula is C26H23ClN6O3S. The second kappa shape index (κ2) is 9.71. The largest absolute Gasteiger partial charge is 0.379 e. The van der Waals surface area contributed by atoms with Crippen LogP contribution >= 0.6 is 22.9 Å². The van der Waals surface area contributed by atoms with Crippen molar-refractivity contribution in [2.75, 3.05) is 41.8 Å². The molecule has 2 aromatic carbocycles. The van der Waals surface area contributed by atoms with Gasteiger partial charge in [-0.15, -0.1) is 11.3 Å². The van der Waals surface area contributed by atoms with Gasteiger partial charge in [-0.05, 0) is 48.4 Å². The SMILES string of the molecule is Cc1cc(Cl)ccc1N1C(=O)Nc2c(C(=O)Nc3ccc(CN4CCOCC4)cc3)sc3ncnc1c23. The van der Waals surface area contributed by atoms with E-state index in [1.54, 1.807) is 18.2 Å². The van der Waals surface area contributed by atoms with Gasteiger partial charge in [0.05, 0.1) is 30.0 Å². The predicted octanol–water partition coefficient (Wildman–Crippen LogP) is 5.42. The number of aryl methyl sites for hydroxylation is 1. The molecule has 2 aromatic heterocycles. The van der Waals surface area contributed by atoms with Crippen LogP contribution in [-0.4, -0.2) is 53.1 Å². The number of morpholine rings is 1. The number of halogens is 1. The average Bonchev–Trinajstić information content (AvgIpc) is 3.26. The lowest BCUT2D eigenvalue weighted by Crippen LogP contribution is -2.35. The number of nitrogens with zero attached hydrogens (tertiary/aromatic N) is 4. The number of carbonyl (C=O) groups is 2. The maximum atomic E-state index is 13.3.